The lowest BCUT2D eigenvalue weighted by Crippen LogP contribution is -2.32. The smallest absolute Gasteiger partial charge is 0.123 e. The zero-order valence-corrected chi connectivity index (χ0v) is 17.5. The van der Waals surface area contributed by atoms with Crippen molar-refractivity contribution in [1.82, 2.24) is 5.32 Å². The third kappa shape index (κ3) is 5.14. The van der Waals surface area contributed by atoms with Crippen molar-refractivity contribution in [2.45, 2.75) is 25.0 Å². The van der Waals surface area contributed by atoms with Crippen molar-refractivity contribution in [2.24, 2.45) is 0 Å². The van der Waals surface area contributed by atoms with Crippen LogP contribution in [0.1, 0.15) is 29.0 Å². The number of aliphatic hydroxyl groups excluding tert-OH is 1. The molecule has 0 saturated heterocycles. The summed E-state index contributed by atoms with van der Waals surface area (Å²) in [4.78, 5) is 0. The van der Waals surface area contributed by atoms with E-state index in [0.717, 1.165) is 30.0 Å². The maximum atomic E-state index is 10.2. The van der Waals surface area contributed by atoms with Gasteiger partial charge >= 0.3 is 0 Å². The Morgan fingerprint density at radius 2 is 1.83 bits per heavy atom. The summed E-state index contributed by atoms with van der Waals surface area (Å²) in [5, 5.41) is 14.3. The molecule has 4 nitrogen and oxygen atoms in total. The number of hydrogen-bond acceptors (Lipinski definition) is 4. The van der Waals surface area contributed by atoms with Gasteiger partial charge in [-0.2, -0.15) is 0 Å². The van der Waals surface area contributed by atoms with Gasteiger partial charge in [-0.25, -0.2) is 0 Å². The van der Waals surface area contributed by atoms with Crippen molar-refractivity contribution in [3.63, 3.8) is 0 Å². The molecular formula is C25H26ClNO3. The molecule has 3 aromatic carbocycles. The Morgan fingerprint density at radius 3 is 2.70 bits per heavy atom. The van der Waals surface area contributed by atoms with Crippen molar-refractivity contribution >= 4 is 11.6 Å². The first-order valence-corrected chi connectivity index (χ1v) is 10.6. The van der Waals surface area contributed by atoms with Crippen LogP contribution in [0.3, 0.4) is 0 Å². The van der Waals surface area contributed by atoms with Crippen LogP contribution in [0.4, 0.5) is 0 Å². The van der Waals surface area contributed by atoms with Gasteiger partial charge in [-0.15, -0.1) is 0 Å². The topological polar surface area (TPSA) is 50.7 Å². The predicted octanol–water partition coefficient (Wildman–Crippen LogP) is 4.78. The second-order valence-electron chi connectivity index (χ2n) is 7.49. The maximum Gasteiger partial charge on any atom is 0.123 e. The highest BCUT2D eigenvalue weighted by Gasteiger charge is 2.24. The van der Waals surface area contributed by atoms with E-state index >= 15 is 0 Å². The molecule has 2 N–H and O–H groups in total. The summed E-state index contributed by atoms with van der Waals surface area (Å²) in [5.74, 6) is 1.83. The molecule has 2 atom stereocenters. The number of benzene rings is 3. The standard InChI is InChI=1S/C25H26ClNO3/c26-19-10-11-25-24(14-19)23(22-9-5-4-6-18(22)16-30-25)12-13-27-15-20(28)17-29-21-7-2-1-3-8-21/h1-11,14,20,23,27-28H,12-13,15-17H2. The number of ether oxygens (including phenoxy) is 2. The van der Waals surface area contributed by atoms with Gasteiger partial charge in [0.25, 0.3) is 0 Å². The molecule has 0 fully saturated rings. The van der Waals surface area contributed by atoms with Gasteiger partial charge in [-0.3, -0.25) is 0 Å². The van der Waals surface area contributed by atoms with E-state index in [4.69, 9.17) is 21.1 Å². The van der Waals surface area contributed by atoms with Crippen LogP contribution >= 0.6 is 11.6 Å². The molecule has 0 amide bonds. The van der Waals surface area contributed by atoms with Crippen LogP contribution in [0, 0.1) is 0 Å². The first kappa shape index (κ1) is 20.7. The summed E-state index contributed by atoms with van der Waals surface area (Å²) in [6.07, 6.45) is 0.302. The van der Waals surface area contributed by atoms with E-state index in [1.807, 2.05) is 54.6 Å². The molecule has 0 bridgehead atoms. The van der Waals surface area contributed by atoms with Gasteiger partial charge in [0.05, 0.1) is 0 Å². The van der Waals surface area contributed by atoms with Crippen LogP contribution in [0.15, 0.2) is 72.8 Å². The average Bonchev–Trinajstić information content (AvgIpc) is 2.93. The summed E-state index contributed by atoms with van der Waals surface area (Å²) < 4.78 is 11.7. The fraction of sp³-hybridized carbons (Fsp3) is 0.280. The molecule has 0 saturated carbocycles. The molecule has 2 unspecified atom stereocenters. The molecule has 5 heteroatoms. The molecule has 30 heavy (non-hydrogen) atoms. The van der Waals surface area contributed by atoms with Crippen LogP contribution in [0.2, 0.25) is 5.02 Å². The van der Waals surface area contributed by atoms with Gasteiger partial charge < -0.3 is 19.9 Å². The minimum atomic E-state index is -0.573. The monoisotopic (exact) mass is 423 g/mol. The Bertz CT molecular complexity index is 964. The number of nitrogens with one attached hydrogen (secondary N) is 1. The van der Waals surface area contributed by atoms with Crippen LogP contribution in [0.5, 0.6) is 11.5 Å². The van der Waals surface area contributed by atoms with Gasteiger partial charge in [0.2, 0.25) is 0 Å². The highest BCUT2D eigenvalue weighted by atomic mass is 35.5. The summed E-state index contributed by atoms with van der Waals surface area (Å²) in [6.45, 7) is 2.05. The second kappa shape index (κ2) is 9.98. The van der Waals surface area contributed by atoms with Gasteiger partial charge in [0, 0.05) is 23.0 Å². The largest absolute Gasteiger partial charge is 0.491 e. The van der Waals surface area contributed by atoms with Crippen molar-refractivity contribution in [1.29, 1.82) is 0 Å². The fourth-order valence-corrected chi connectivity index (χ4v) is 4.03. The van der Waals surface area contributed by atoms with Crippen LogP contribution in [-0.2, 0) is 6.61 Å². The highest BCUT2D eigenvalue weighted by Crippen LogP contribution is 2.40. The molecule has 1 aliphatic rings. The second-order valence-corrected chi connectivity index (χ2v) is 7.93. The maximum absolute atomic E-state index is 10.2. The lowest BCUT2D eigenvalue weighted by Gasteiger charge is -2.20. The first-order chi connectivity index (χ1) is 14.7. The van der Waals surface area contributed by atoms with E-state index in [1.165, 1.54) is 11.1 Å². The third-order valence-electron chi connectivity index (χ3n) is 5.34. The predicted molar refractivity (Wildman–Crippen MR) is 119 cm³/mol. The van der Waals surface area contributed by atoms with Crippen molar-refractivity contribution in [3.05, 3.63) is 94.5 Å². The summed E-state index contributed by atoms with van der Waals surface area (Å²) >= 11 is 6.29. The highest BCUT2D eigenvalue weighted by molar-refractivity contribution is 6.30. The Balaban J connectivity index is 1.36. The first-order valence-electron chi connectivity index (χ1n) is 10.3. The van der Waals surface area contributed by atoms with Gasteiger partial charge in [0.1, 0.15) is 30.8 Å². The van der Waals surface area contributed by atoms with E-state index in [9.17, 15) is 5.11 Å². The fourth-order valence-electron chi connectivity index (χ4n) is 3.85. The minimum absolute atomic E-state index is 0.183. The molecule has 0 spiro atoms. The van der Waals surface area contributed by atoms with E-state index in [2.05, 4.69) is 23.5 Å². The molecule has 1 heterocycles. The van der Waals surface area contributed by atoms with Crippen molar-refractivity contribution < 1.29 is 14.6 Å². The van der Waals surface area contributed by atoms with Gasteiger partial charge in [-0.1, -0.05) is 54.1 Å². The van der Waals surface area contributed by atoms with Crippen LogP contribution in [0.25, 0.3) is 0 Å². The van der Waals surface area contributed by atoms with Crippen molar-refractivity contribution in [3.8, 4) is 11.5 Å². The number of aliphatic hydroxyl groups is 1. The number of halogens is 1. The number of hydrogen-bond donors (Lipinski definition) is 2. The minimum Gasteiger partial charge on any atom is -0.491 e. The zero-order valence-electron chi connectivity index (χ0n) is 16.8. The Kier molecular flexibility index (Phi) is 6.90. The summed E-state index contributed by atoms with van der Waals surface area (Å²) in [6, 6.07) is 23.8. The molecule has 3 aromatic rings. The Hall–Kier alpha value is -2.53. The van der Waals surface area contributed by atoms with E-state index in [1.54, 1.807) is 0 Å². The van der Waals surface area contributed by atoms with Crippen LogP contribution in [-0.4, -0.2) is 30.9 Å². The Morgan fingerprint density at radius 1 is 1.03 bits per heavy atom. The zero-order chi connectivity index (χ0) is 20.8. The lowest BCUT2D eigenvalue weighted by molar-refractivity contribution is 0.106. The number of rotatable bonds is 8. The lowest BCUT2D eigenvalue weighted by atomic mass is 9.86. The SMILES string of the molecule is OC(CNCCC1c2ccccc2COc2ccc(Cl)cc21)COc1ccccc1. The molecule has 1 aliphatic heterocycles. The summed E-state index contributed by atoms with van der Waals surface area (Å²) in [7, 11) is 0. The molecule has 0 radical (unpaired) electrons. The molecule has 0 aromatic heterocycles. The number of para-hydroxylation sites is 1. The van der Waals surface area contributed by atoms with Gasteiger partial charge in [0.15, 0.2) is 0 Å². The summed E-state index contributed by atoms with van der Waals surface area (Å²) in [5.41, 5.74) is 3.58. The normalized spacial score (nSPS) is 16.0. The van der Waals surface area contributed by atoms with E-state index < -0.39 is 6.10 Å². The van der Waals surface area contributed by atoms with E-state index in [0.29, 0.717) is 18.2 Å². The van der Waals surface area contributed by atoms with Gasteiger partial charge in [-0.05, 0) is 54.4 Å². The molecular weight excluding hydrogens is 398 g/mol. The van der Waals surface area contributed by atoms with Crippen LogP contribution < -0.4 is 14.8 Å². The average molecular weight is 424 g/mol. The molecule has 156 valence electrons. The quantitative estimate of drug-likeness (QED) is 0.512. The van der Waals surface area contributed by atoms with Crippen molar-refractivity contribution in [2.75, 3.05) is 19.7 Å². The van der Waals surface area contributed by atoms with E-state index in [-0.39, 0.29) is 12.5 Å². The third-order valence-corrected chi connectivity index (χ3v) is 5.57. The molecule has 0 aliphatic carbocycles. The molecule has 4 rings (SSSR count). The Labute approximate surface area is 182 Å². The number of fused-ring (bicyclic) bond motifs is 2.